The second-order valence-corrected chi connectivity index (χ2v) is 3.45. The second-order valence-electron chi connectivity index (χ2n) is 3.45. The molecule has 0 N–H and O–H groups in total. The maximum Gasteiger partial charge on any atom is 0.509 e. The first-order chi connectivity index (χ1) is 7.84. The highest BCUT2D eigenvalue weighted by molar-refractivity contribution is 5.60. The number of carbonyl (C=O) groups excluding carboxylic acids is 1. The fourth-order valence-electron chi connectivity index (χ4n) is 1.37. The van der Waals surface area contributed by atoms with Crippen LogP contribution in [-0.4, -0.2) is 58.4 Å². The van der Waals surface area contributed by atoms with Gasteiger partial charge in [0.25, 0.3) is 0 Å². The van der Waals surface area contributed by atoms with Crippen LogP contribution in [0, 0.1) is 0 Å². The van der Waals surface area contributed by atoms with Crippen molar-refractivity contribution in [3.63, 3.8) is 0 Å². The van der Waals surface area contributed by atoms with E-state index in [1.807, 2.05) is 0 Å². The molecular weight excluding hydrogens is 220 g/mol. The lowest BCUT2D eigenvalue weighted by Gasteiger charge is -2.25. The molecule has 0 aromatic carbocycles. The van der Waals surface area contributed by atoms with Crippen LogP contribution in [0.25, 0.3) is 0 Å². The zero-order chi connectivity index (χ0) is 11.2. The predicted molar refractivity (Wildman–Crippen MR) is 48.7 cm³/mol. The van der Waals surface area contributed by atoms with Crippen LogP contribution < -0.4 is 0 Å². The van der Waals surface area contributed by atoms with Gasteiger partial charge in [-0.3, -0.25) is 0 Å². The number of hydrogen-bond acceptors (Lipinski definition) is 7. The number of hydrogen-bond donors (Lipinski definition) is 0. The largest absolute Gasteiger partial charge is 0.509 e. The van der Waals surface area contributed by atoms with Gasteiger partial charge in [-0.2, -0.15) is 0 Å². The fourth-order valence-corrected chi connectivity index (χ4v) is 1.37. The SMILES string of the molecule is O=C(OC1COCOC1)OC1COCOC1. The Morgan fingerprint density at radius 3 is 1.56 bits per heavy atom. The molecule has 0 aliphatic carbocycles. The van der Waals surface area contributed by atoms with E-state index in [0.29, 0.717) is 26.4 Å². The van der Waals surface area contributed by atoms with Crippen molar-refractivity contribution in [3.8, 4) is 0 Å². The molecule has 0 amide bonds. The fraction of sp³-hybridized carbons (Fsp3) is 0.889. The topological polar surface area (TPSA) is 72.5 Å². The van der Waals surface area contributed by atoms with E-state index in [2.05, 4.69) is 0 Å². The number of carbonyl (C=O) groups is 1. The molecule has 92 valence electrons. The molecule has 7 nitrogen and oxygen atoms in total. The van der Waals surface area contributed by atoms with E-state index in [1.54, 1.807) is 0 Å². The summed E-state index contributed by atoms with van der Waals surface area (Å²) in [5.41, 5.74) is 0. The molecule has 0 unspecified atom stereocenters. The van der Waals surface area contributed by atoms with E-state index >= 15 is 0 Å². The van der Waals surface area contributed by atoms with Crippen molar-refractivity contribution >= 4 is 6.16 Å². The zero-order valence-electron chi connectivity index (χ0n) is 8.76. The third-order valence-electron chi connectivity index (χ3n) is 2.07. The molecule has 7 heteroatoms. The van der Waals surface area contributed by atoms with Crippen LogP contribution >= 0.6 is 0 Å². The summed E-state index contributed by atoms with van der Waals surface area (Å²) in [6.45, 7) is 1.78. The van der Waals surface area contributed by atoms with Crippen LogP contribution in [0.1, 0.15) is 0 Å². The van der Waals surface area contributed by atoms with Gasteiger partial charge in [0.2, 0.25) is 0 Å². The molecule has 2 aliphatic rings. The van der Waals surface area contributed by atoms with Crippen molar-refractivity contribution < 1.29 is 33.2 Å². The lowest BCUT2D eigenvalue weighted by atomic mass is 10.4. The maximum atomic E-state index is 11.3. The molecule has 0 atom stereocenters. The first-order valence-corrected chi connectivity index (χ1v) is 5.03. The average Bonchev–Trinajstić information content (AvgIpc) is 2.31. The van der Waals surface area contributed by atoms with Gasteiger partial charge in [-0.25, -0.2) is 4.79 Å². The van der Waals surface area contributed by atoms with Crippen LogP contribution in [0.3, 0.4) is 0 Å². The van der Waals surface area contributed by atoms with Gasteiger partial charge >= 0.3 is 6.16 Å². The van der Waals surface area contributed by atoms with Gasteiger partial charge in [0.1, 0.15) is 13.6 Å². The minimum atomic E-state index is -0.752. The summed E-state index contributed by atoms with van der Waals surface area (Å²) >= 11 is 0. The van der Waals surface area contributed by atoms with Gasteiger partial charge in [-0.1, -0.05) is 0 Å². The molecule has 2 aliphatic heterocycles. The van der Waals surface area contributed by atoms with Crippen molar-refractivity contribution in [2.45, 2.75) is 12.2 Å². The highest BCUT2D eigenvalue weighted by Crippen LogP contribution is 2.07. The molecule has 2 saturated heterocycles. The lowest BCUT2D eigenvalue weighted by molar-refractivity contribution is -0.177. The Labute approximate surface area is 92.5 Å². The third-order valence-corrected chi connectivity index (χ3v) is 2.07. The first-order valence-electron chi connectivity index (χ1n) is 5.03. The van der Waals surface area contributed by atoms with Crippen LogP contribution in [0.4, 0.5) is 4.79 Å². The number of ether oxygens (including phenoxy) is 6. The maximum absolute atomic E-state index is 11.3. The van der Waals surface area contributed by atoms with Crippen molar-refractivity contribution in [1.29, 1.82) is 0 Å². The zero-order valence-corrected chi connectivity index (χ0v) is 8.76. The standard InChI is InChI=1S/C9H14O7/c10-9(15-7-1-11-5-12-2-7)16-8-3-13-6-14-4-8/h7-8H,1-6H2. The summed E-state index contributed by atoms with van der Waals surface area (Å²) in [5, 5.41) is 0. The van der Waals surface area contributed by atoms with Gasteiger partial charge in [0.05, 0.1) is 26.4 Å². The first kappa shape index (κ1) is 11.6. The summed E-state index contributed by atoms with van der Waals surface area (Å²) in [4.78, 5) is 11.3. The van der Waals surface area contributed by atoms with Gasteiger partial charge in [-0.15, -0.1) is 0 Å². The summed E-state index contributed by atoms with van der Waals surface area (Å²) in [7, 11) is 0. The Hall–Kier alpha value is -0.890. The van der Waals surface area contributed by atoms with Crippen LogP contribution in [-0.2, 0) is 28.4 Å². The minimum Gasteiger partial charge on any atom is -0.426 e. The molecule has 0 bridgehead atoms. The van der Waals surface area contributed by atoms with E-state index in [0.717, 1.165) is 0 Å². The number of rotatable bonds is 2. The molecule has 0 saturated carbocycles. The summed E-state index contributed by atoms with van der Waals surface area (Å²) in [6, 6.07) is 0. The van der Waals surface area contributed by atoms with Crippen molar-refractivity contribution in [1.82, 2.24) is 0 Å². The smallest absolute Gasteiger partial charge is 0.426 e. The third kappa shape index (κ3) is 3.60. The Bertz CT molecular complexity index is 198. The van der Waals surface area contributed by atoms with Gasteiger partial charge in [-0.05, 0) is 0 Å². The van der Waals surface area contributed by atoms with Gasteiger partial charge < -0.3 is 28.4 Å². The van der Waals surface area contributed by atoms with Crippen LogP contribution in [0.15, 0.2) is 0 Å². The predicted octanol–water partition coefficient (Wildman–Crippen LogP) is -0.115. The molecule has 0 aromatic heterocycles. The van der Waals surface area contributed by atoms with E-state index in [4.69, 9.17) is 28.4 Å². The molecule has 2 heterocycles. The van der Waals surface area contributed by atoms with Gasteiger partial charge in [0.15, 0.2) is 12.2 Å². The van der Waals surface area contributed by atoms with E-state index in [9.17, 15) is 4.79 Å². The Balaban J connectivity index is 1.66. The molecular formula is C9H14O7. The van der Waals surface area contributed by atoms with Crippen molar-refractivity contribution in [2.24, 2.45) is 0 Å². The van der Waals surface area contributed by atoms with E-state index in [1.165, 1.54) is 0 Å². The monoisotopic (exact) mass is 234 g/mol. The lowest BCUT2D eigenvalue weighted by Crippen LogP contribution is -2.37. The molecule has 2 rings (SSSR count). The summed E-state index contributed by atoms with van der Waals surface area (Å²) < 4.78 is 29.8. The molecule has 0 aromatic rings. The second kappa shape index (κ2) is 6.00. The molecule has 0 radical (unpaired) electrons. The van der Waals surface area contributed by atoms with Crippen LogP contribution in [0.2, 0.25) is 0 Å². The van der Waals surface area contributed by atoms with E-state index in [-0.39, 0.29) is 13.6 Å². The Morgan fingerprint density at radius 1 is 0.812 bits per heavy atom. The molecule has 0 spiro atoms. The summed E-state index contributed by atoms with van der Waals surface area (Å²) in [6.07, 6.45) is -1.57. The highest BCUT2D eigenvalue weighted by atomic mass is 16.8. The van der Waals surface area contributed by atoms with Crippen molar-refractivity contribution in [2.75, 3.05) is 40.0 Å². The highest BCUT2D eigenvalue weighted by Gasteiger charge is 2.24. The Kier molecular flexibility index (Phi) is 4.34. The normalized spacial score (nSPS) is 24.0. The summed E-state index contributed by atoms with van der Waals surface area (Å²) in [5.74, 6) is 0. The Morgan fingerprint density at radius 2 is 1.19 bits per heavy atom. The van der Waals surface area contributed by atoms with Gasteiger partial charge in [0, 0.05) is 0 Å². The quantitative estimate of drug-likeness (QED) is 0.617. The molecule has 2 fully saturated rings. The van der Waals surface area contributed by atoms with Crippen LogP contribution in [0.5, 0.6) is 0 Å². The average molecular weight is 234 g/mol. The minimum absolute atomic E-state index is 0.235. The van der Waals surface area contributed by atoms with E-state index < -0.39 is 18.4 Å². The van der Waals surface area contributed by atoms with Crippen molar-refractivity contribution in [3.05, 3.63) is 0 Å². The molecule has 16 heavy (non-hydrogen) atoms.